The van der Waals surface area contributed by atoms with Crippen LogP contribution in [-0.2, 0) is 14.8 Å². The van der Waals surface area contributed by atoms with E-state index in [0.29, 0.717) is 50.4 Å². The number of benzene rings is 3. The van der Waals surface area contributed by atoms with Crippen LogP contribution in [0.3, 0.4) is 0 Å². The van der Waals surface area contributed by atoms with Gasteiger partial charge in [0.05, 0.1) is 29.5 Å². The van der Waals surface area contributed by atoms with Crippen molar-refractivity contribution in [1.82, 2.24) is 0 Å². The van der Waals surface area contributed by atoms with Crippen LogP contribution in [0.15, 0.2) is 60.7 Å². The van der Waals surface area contributed by atoms with Crippen molar-refractivity contribution in [2.75, 3.05) is 34.0 Å². The Morgan fingerprint density at radius 1 is 0.971 bits per heavy atom. The Morgan fingerprint density at radius 3 is 2.49 bits per heavy atom. The Labute approximate surface area is 212 Å². The summed E-state index contributed by atoms with van der Waals surface area (Å²) >= 11 is 12.2. The van der Waals surface area contributed by atoms with E-state index in [-0.39, 0.29) is 12.5 Å². The van der Waals surface area contributed by atoms with E-state index in [1.165, 1.54) is 10.4 Å². The van der Waals surface area contributed by atoms with Crippen molar-refractivity contribution in [1.29, 1.82) is 0 Å². The van der Waals surface area contributed by atoms with Crippen molar-refractivity contribution in [3.05, 3.63) is 87.4 Å². The first-order valence-corrected chi connectivity index (χ1v) is 12.9. The first-order valence-electron chi connectivity index (χ1n) is 10.5. The maximum atomic E-state index is 12.9. The molecule has 0 radical (unpaired) electrons. The minimum absolute atomic E-state index is 0.210. The van der Waals surface area contributed by atoms with Crippen LogP contribution in [0.5, 0.6) is 0 Å². The first kappa shape index (κ1) is 25.0. The average molecular weight is 534 g/mol. The van der Waals surface area contributed by atoms with E-state index in [0.717, 1.165) is 0 Å². The number of hydrogen-bond acceptors (Lipinski definition) is 5. The van der Waals surface area contributed by atoms with Crippen molar-refractivity contribution >= 4 is 62.1 Å². The third-order valence-electron chi connectivity index (χ3n) is 5.31. The van der Waals surface area contributed by atoms with Gasteiger partial charge in [-0.15, -0.1) is 0 Å². The zero-order valence-electron chi connectivity index (χ0n) is 18.5. The average Bonchev–Trinajstić information content (AvgIpc) is 2.80. The number of amides is 2. The fourth-order valence-electron chi connectivity index (χ4n) is 3.58. The summed E-state index contributed by atoms with van der Waals surface area (Å²) in [5, 5.41) is 6.22. The number of sulfonamides is 1. The maximum Gasteiger partial charge on any atom is 0.259 e. The number of rotatable bonds is 5. The van der Waals surface area contributed by atoms with Crippen LogP contribution >= 0.6 is 23.2 Å². The minimum atomic E-state index is -3.56. The van der Waals surface area contributed by atoms with Gasteiger partial charge in [0, 0.05) is 21.8 Å². The third kappa shape index (κ3) is 5.76. The molecule has 182 valence electrons. The number of halogens is 2. The van der Waals surface area contributed by atoms with E-state index in [2.05, 4.69) is 10.6 Å². The molecule has 3 aromatic rings. The van der Waals surface area contributed by atoms with Gasteiger partial charge in [-0.05, 0) is 67.1 Å². The Hall–Kier alpha value is -3.11. The lowest BCUT2D eigenvalue weighted by Crippen LogP contribution is -2.41. The lowest BCUT2D eigenvalue weighted by Gasteiger charge is -2.28. The summed E-state index contributed by atoms with van der Waals surface area (Å²) in [6.45, 7) is 2.24. The van der Waals surface area contributed by atoms with Crippen LogP contribution < -0.4 is 14.9 Å². The van der Waals surface area contributed by atoms with Gasteiger partial charge in [-0.2, -0.15) is 0 Å². The first-order chi connectivity index (χ1) is 16.6. The molecule has 0 bridgehead atoms. The van der Waals surface area contributed by atoms with Crippen LogP contribution in [-0.4, -0.2) is 39.3 Å². The Kier molecular flexibility index (Phi) is 7.32. The van der Waals surface area contributed by atoms with Crippen molar-refractivity contribution in [3.8, 4) is 0 Å². The topological polar surface area (TPSA) is 105 Å². The Bertz CT molecular complexity index is 1410. The van der Waals surface area contributed by atoms with Gasteiger partial charge in [0.2, 0.25) is 0 Å². The number of nitrogens with zero attached hydrogens (tertiary/aromatic N) is 1. The molecule has 11 heteroatoms. The second kappa shape index (κ2) is 10.2. The molecule has 4 rings (SSSR count). The number of carbonyl (C=O) groups is 2. The quantitative estimate of drug-likeness (QED) is 0.483. The lowest BCUT2D eigenvalue weighted by atomic mass is 10.1. The Morgan fingerprint density at radius 2 is 1.77 bits per heavy atom. The lowest BCUT2D eigenvalue weighted by molar-refractivity contribution is 0.101. The number of hydrogen-bond donors (Lipinski definition) is 2. The van der Waals surface area contributed by atoms with E-state index in [1.54, 1.807) is 61.5 Å². The second-order valence-electron chi connectivity index (χ2n) is 7.82. The molecule has 0 atom stereocenters. The third-order valence-corrected chi connectivity index (χ3v) is 7.40. The predicted molar refractivity (Wildman–Crippen MR) is 137 cm³/mol. The molecule has 0 aliphatic carbocycles. The minimum Gasteiger partial charge on any atom is -0.362 e. The number of nitrogens with one attached hydrogen (secondary N) is 2. The molecule has 1 aliphatic rings. The number of anilines is 3. The number of ether oxygens (including phenoxy) is 1. The SMILES string of the molecule is Cc1cc(N2CCOCS2(=O)=O)ccc1C(=O)Nc1ccc(Cl)c(NC(=O)c2cccc(Cl)c2)c1. The second-order valence-corrected chi connectivity index (χ2v) is 10.5. The van der Waals surface area contributed by atoms with Gasteiger partial charge >= 0.3 is 0 Å². The van der Waals surface area contributed by atoms with Crippen molar-refractivity contribution in [2.45, 2.75) is 6.92 Å². The summed E-state index contributed by atoms with van der Waals surface area (Å²) in [5.41, 5.74) is 2.55. The van der Waals surface area contributed by atoms with Crippen LogP contribution in [0.1, 0.15) is 26.3 Å². The molecular formula is C24H21Cl2N3O5S. The highest BCUT2D eigenvalue weighted by molar-refractivity contribution is 7.92. The highest BCUT2D eigenvalue weighted by Crippen LogP contribution is 2.28. The largest absolute Gasteiger partial charge is 0.362 e. The fraction of sp³-hybridized carbons (Fsp3) is 0.167. The van der Waals surface area contributed by atoms with E-state index in [4.69, 9.17) is 27.9 Å². The normalized spacial score (nSPS) is 14.9. The van der Waals surface area contributed by atoms with E-state index >= 15 is 0 Å². The van der Waals surface area contributed by atoms with Gasteiger partial charge < -0.3 is 15.4 Å². The van der Waals surface area contributed by atoms with Gasteiger partial charge in [0.1, 0.15) is 0 Å². The van der Waals surface area contributed by atoms with Gasteiger partial charge in [0.15, 0.2) is 5.94 Å². The molecule has 2 amide bonds. The molecule has 1 heterocycles. The molecule has 0 aromatic heterocycles. The summed E-state index contributed by atoms with van der Waals surface area (Å²) in [5.74, 6) is -1.17. The van der Waals surface area contributed by atoms with Crippen molar-refractivity contribution in [2.24, 2.45) is 0 Å². The zero-order chi connectivity index (χ0) is 25.2. The summed E-state index contributed by atoms with van der Waals surface area (Å²) in [6, 6.07) is 16.0. The molecule has 0 saturated carbocycles. The molecule has 1 fully saturated rings. The van der Waals surface area contributed by atoms with Crippen LogP contribution in [0.2, 0.25) is 10.0 Å². The maximum absolute atomic E-state index is 12.9. The van der Waals surface area contributed by atoms with Gasteiger partial charge in [-0.1, -0.05) is 29.3 Å². The van der Waals surface area contributed by atoms with Crippen LogP contribution in [0, 0.1) is 6.92 Å². The molecular weight excluding hydrogens is 513 g/mol. The number of aryl methyl sites for hydroxylation is 1. The zero-order valence-corrected chi connectivity index (χ0v) is 20.9. The van der Waals surface area contributed by atoms with Gasteiger partial charge in [-0.25, -0.2) is 8.42 Å². The summed E-state index contributed by atoms with van der Waals surface area (Å²) < 4.78 is 30.9. The molecule has 8 nitrogen and oxygen atoms in total. The standard InChI is InChI=1S/C24H21Cl2N3O5S/c1-15-11-19(29-9-10-34-14-35(29,32)33)6-7-20(15)24(31)27-18-5-8-21(26)22(13-18)28-23(30)16-3-2-4-17(25)12-16/h2-8,11-13H,9-10,14H2,1H3,(H,27,31)(H,28,30). The van der Waals surface area contributed by atoms with E-state index in [9.17, 15) is 18.0 Å². The molecule has 3 aromatic carbocycles. The summed E-state index contributed by atoms with van der Waals surface area (Å²) in [6.07, 6.45) is 0. The monoisotopic (exact) mass is 533 g/mol. The smallest absolute Gasteiger partial charge is 0.259 e. The Balaban J connectivity index is 1.50. The number of carbonyl (C=O) groups excluding carboxylic acids is 2. The summed E-state index contributed by atoms with van der Waals surface area (Å²) in [7, 11) is -3.56. The molecule has 1 saturated heterocycles. The molecule has 2 N–H and O–H groups in total. The highest BCUT2D eigenvalue weighted by atomic mass is 35.5. The molecule has 0 unspecified atom stereocenters. The van der Waals surface area contributed by atoms with Crippen LogP contribution in [0.25, 0.3) is 0 Å². The van der Waals surface area contributed by atoms with Crippen molar-refractivity contribution < 1.29 is 22.7 Å². The molecule has 0 spiro atoms. The van der Waals surface area contributed by atoms with Crippen LogP contribution in [0.4, 0.5) is 17.1 Å². The predicted octanol–water partition coefficient (Wildman–Crippen LogP) is 4.93. The van der Waals surface area contributed by atoms with Crippen molar-refractivity contribution in [3.63, 3.8) is 0 Å². The summed E-state index contributed by atoms with van der Waals surface area (Å²) in [4.78, 5) is 25.5. The van der Waals surface area contributed by atoms with Gasteiger partial charge in [0.25, 0.3) is 21.8 Å². The molecule has 1 aliphatic heterocycles. The molecule has 35 heavy (non-hydrogen) atoms. The highest BCUT2D eigenvalue weighted by Gasteiger charge is 2.27. The van der Waals surface area contributed by atoms with E-state index < -0.39 is 21.8 Å². The fourth-order valence-corrected chi connectivity index (χ4v) is 5.18. The van der Waals surface area contributed by atoms with E-state index in [1.807, 2.05) is 0 Å². The van der Waals surface area contributed by atoms with Gasteiger partial charge in [-0.3, -0.25) is 13.9 Å².